The Hall–Kier alpha value is -2.55. The van der Waals surface area contributed by atoms with Gasteiger partial charge in [0, 0.05) is 37.3 Å². The second kappa shape index (κ2) is 7.83. The molecular weight excluding hydrogens is 400 g/mol. The zero-order valence-corrected chi connectivity index (χ0v) is 16.4. The molecule has 0 unspecified atom stereocenters. The number of nitro benzene ring substituents is 1. The lowest BCUT2D eigenvalue weighted by Crippen LogP contribution is -2.48. The smallest absolute Gasteiger partial charge is 0.283 e. The number of nitrogens with zero attached hydrogens (tertiary/aromatic N) is 4. The fraction of sp³-hybridized carbons (Fsp3) is 0.263. The predicted octanol–water partition coefficient (Wildman–Crippen LogP) is 3.82. The van der Waals surface area contributed by atoms with Crippen LogP contribution in [0.2, 0.25) is 5.02 Å². The molecule has 28 heavy (non-hydrogen) atoms. The van der Waals surface area contributed by atoms with Gasteiger partial charge >= 0.3 is 0 Å². The number of piperazine rings is 1. The molecule has 0 bridgehead atoms. The molecule has 2 aromatic carbocycles. The van der Waals surface area contributed by atoms with Crippen molar-refractivity contribution < 1.29 is 9.72 Å². The Morgan fingerprint density at radius 3 is 2.64 bits per heavy atom. The van der Waals surface area contributed by atoms with Crippen LogP contribution in [0, 0.1) is 10.1 Å². The summed E-state index contributed by atoms with van der Waals surface area (Å²) in [5, 5.41) is 12.5. The number of aromatic nitrogens is 1. The van der Waals surface area contributed by atoms with Crippen molar-refractivity contribution in [2.75, 3.05) is 26.2 Å². The van der Waals surface area contributed by atoms with E-state index in [0.29, 0.717) is 26.2 Å². The molecule has 0 spiro atoms. The normalized spacial score (nSPS) is 15.1. The highest BCUT2D eigenvalue weighted by atomic mass is 35.5. The van der Waals surface area contributed by atoms with E-state index in [9.17, 15) is 14.9 Å². The molecule has 0 atom stereocenters. The molecule has 1 aliphatic rings. The van der Waals surface area contributed by atoms with Crippen molar-refractivity contribution in [3.63, 3.8) is 0 Å². The Balaban J connectivity index is 1.41. The van der Waals surface area contributed by atoms with Crippen molar-refractivity contribution in [1.82, 2.24) is 14.8 Å². The van der Waals surface area contributed by atoms with Crippen molar-refractivity contribution >= 4 is 44.7 Å². The number of halogens is 1. The molecule has 1 amide bonds. The zero-order chi connectivity index (χ0) is 19.7. The largest absolute Gasteiger partial charge is 0.336 e. The summed E-state index contributed by atoms with van der Waals surface area (Å²) < 4.78 is 1.17. The van der Waals surface area contributed by atoms with Crippen LogP contribution in [0.3, 0.4) is 0 Å². The second-order valence-electron chi connectivity index (χ2n) is 6.56. The Bertz CT molecular complexity index is 1010. The van der Waals surface area contributed by atoms with Gasteiger partial charge in [-0.25, -0.2) is 4.98 Å². The molecule has 0 saturated carbocycles. The number of rotatable bonds is 4. The van der Waals surface area contributed by atoms with Crippen molar-refractivity contribution in [2.24, 2.45) is 0 Å². The monoisotopic (exact) mass is 416 g/mol. The lowest BCUT2D eigenvalue weighted by atomic mass is 10.1. The quantitative estimate of drug-likeness (QED) is 0.477. The van der Waals surface area contributed by atoms with E-state index in [1.807, 2.05) is 18.2 Å². The summed E-state index contributed by atoms with van der Waals surface area (Å²) in [6.07, 6.45) is 0. The zero-order valence-electron chi connectivity index (χ0n) is 14.9. The van der Waals surface area contributed by atoms with Gasteiger partial charge in [0.2, 0.25) is 0 Å². The lowest BCUT2D eigenvalue weighted by molar-refractivity contribution is -0.385. The van der Waals surface area contributed by atoms with E-state index in [1.165, 1.54) is 22.9 Å². The summed E-state index contributed by atoms with van der Waals surface area (Å²) in [6.45, 7) is 3.17. The molecule has 3 aromatic rings. The van der Waals surface area contributed by atoms with Crippen molar-refractivity contribution in [3.8, 4) is 0 Å². The van der Waals surface area contributed by atoms with Gasteiger partial charge in [-0.15, -0.1) is 11.3 Å². The summed E-state index contributed by atoms with van der Waals surface area (Å²) >= 11 is 7.52. The van der Waals surface area contributed by atoms with E-state index in [2.05, 4.69) is 16.0 Å². The Labute approximate surface area is 170 Å². The van der Waals surface area contributed by atoms with Gasteiger partial charge in [0.1, 0.15) is 10.6 Å². The number of hydrogen-bond donors (Lipinski definition) is 0. The molecule has 0 N–H and O–H groups in total. The first-order valence-corrected chi connectivity index (χ1v) is 10.0. The van der Waals surface area contributed by atoms with Crippen LogP contribution in [0.25, 0.3) is 10.2 Å². The van der Waals surface area contributed by atoms with E-state index in [0.717, 1.165) is 17.1 Å². The lowest BCUT2D eigenvalue weighted by Gasteiger charge is -2.34. The summed E-state index contributed by atoms with van der Waals surface area (Å²) in [5.41, 5.74) is 0.829. The van der Waals surface area contributed by atoms with Crippen LogP contribution in [-0.2, 0) is 6.54 Å². The summed E-state index contributed by atoms with van der Waals surface area (Å²) in [5.74, 6) is -0.331. The molecule has 0 aliphatic carbocycles. The topological polar surface area (TPSA) is 79.6 Å². The Morgan fingerprint density at radius 1 is 1.18 bits per heavy atom. The Morgan fingerprint density at radius 2 is 1.93 bits per heavy atom. The van der Waals surface area contributed by atoms with Crippen LogP contribution in [0.4, 0.5) is 5.69 Å². The molecule has 4 rings (SSSR count). The molecule has 144 valence electrons. The average Bonchev–Trinajstić information content (AvgIpc) is 3.10. The number of carbonyl (C=O) groups is 1. The highest BCUT2D eigenvalue weighted by Gasteiger charge is 2.28. The molecule has 9 heteroatoms. The van der Waals surface area contributed by atoms with Crippen LogP contribution < -0.4 is 0 Å². The third kappa shape index (κ3) is 3.84. The molecule has 1 aromatic heterocycles. The van der Waals surface area contributed by atoms with Gasteiger partial charge in [0.25, 0.3) is 11.6 Å². The highest BCUT2D eigenvalue weighted by molar-refractivity contribution is 7.18. The fourth-order valence-corrected chi connectivity index (χ4v) is 4.47. The average molecular weight is 417 g/mol. The minimum absolute atomic E-state index is 0.0778. The number of nitro groups is 1. The molecule has 2 heterocycles. The van der Waals surface area contributed by atoms with E-state index >= 15 is 0 Å². The number of carbonyl (C=O) groups excluding carboxylic acids is 1. The van der Waals surface area contributed by atoms with Gasteiger partial charge in [-0.2, -0.15) is 0 Å². The minimum atomic E-state index is -0.567. The maximum atomic E-state index is 12.8. The summed E-state index contributed by atoms with van der Waals surface area (Å²) in [7, 11) is 0. The third-order valence-electron chi connectivity index (χ3n) is 4.74. The first-order valence-electron chi connectivity index (χ1n) is 8.81. The summed E-state index contributed by atoms with van der Waals surface area (Å²) in [6, 6.07) is 12.2. The first-order chi connectivity index (χ1) is 13.5. The maximum absolute atomic E-state index is 12.8. The van der Waals surface area contributed by atoms with E-state index in [-0.39, 0.29) is 22.2 Å². The molecule has 1 aliphatic heterocycles. The predicted molar refractivity (Wildman–Crippen MR) is 109 cm³/mol. The number of para-hydroxylation sites is 1. The standard InChI is InChI=1S/C19H17ClN4O3S/c20-13-5-6-14(16(11-13)24(26)27)19(25)23-9-7-22(8-10-23)12-18-21-15-3-1-2-4-17(15)28-18/h1-6,11H,7-10,12H2. The fourth-order valence-electron chi connectivity index (χ4n) is 3.29. The van der Waals surface area contributed by atoms with Crippen molar-refractivity contribution in [2.45, 2.75) is 6.54 Å². The van der Waals surface area contributed by atoms with Crippen LogP contribution in [0.5, 0.6) is 0 Å². The van der Waals surface area contributed by atoms with E-state index in [4.69, 9.17) is 11.6 Å². The second-order valence-corrected chi connectivity index (χ2v) is 8.11. The SMILES string of the molecule is O=C(c1ccc(Cl)cc1[N+](=O)[O-])N1CCN(Cc2nc3ccccc3s2)CC1. The molecule has 1 saturated heterocycles. The van der Waals surface area contributed by atoms with Gasteiger partial charge in [-0.1, -0.05) is 23.7 Å². The van der Waals surface area contributed by atoms with Crippen molar-refractivity contribution in [1.29, 1.82) is 0 Å². The third-order valence-corrected chi connectivity index (χ3v) is 6.00. The molecule has 1 fully saturated rings. The Kier molecular flexibility index (Phi) is 5.25. The number of fused-ring (bicyclic) bond motifs is 1. The van der Waals surface area contributed by atoms with E-state index in [1.54, 1.807) is 16.2 Å². The van der Waals surface area contributed by atoms with E-state index < -0.39 is 4.92 Å². The highest BCUT2D eigenvalue weighted by Crippen LogP contribution is 2.26. The molecular formula is C19H17ClN4O3S. The van der Waals surface area contributed by atoms with Gasteiger partial charge < -0.3 is 4.90 Å². The maximum Gasteiger partial charge on any atom is 0.283 e. The van der Waals surface area contributed by atoms with Crippen LogP contribution in [0.1, 0.15) is 15.4 Å². The summed E-state index contributed by atoms with van der Waals surface area (Å²) in [4.78, 5) is 32.0. The first kappa shape index (κ1) is 18.8. The minimum Gasteiger partial charge on any atom is -0.336 e. The molecule has 7 nitrogen and oxygen atoms in total. The molecule has 0 radical (unpaired) electrons. The van der Waals surface area contributed by atoms with Crippen molar-refractivity contribution in [3.05, 3.63) is 68.2 Å². The number of thiazole rings is 1. The van der Waals surface area contributed by atoms with Gasteiger partial charge in [0.05, 0.1) is 21.7 Å². The van der Waals surface area contributed by atoms with Crippen LogP contribution >= 0.6 is 22.9 Å². The van der Waals surface area contributed by atoms with Gasteiger partial charge in [0.15, 0.2) is 0 Å². The van der Waals surface area contributed by atoms with Crippen LogP contribution in [0.15, 0.2) is 42.5 Å². The number of amides is 1. The number of hydrogen-bond acceptors (Lipinski definition) is 6. The number of benzene rings is 2. The van der Waals surface area contributed by atoms with Gasteiger partial charge in [-0.3, -0.25) is 19.8 Å². The van der Waals surface area contributed by atoms with Gasteiger partial charge in [-0.05, 0) is 24.3 Å². The van der Waals surface area contributed by atoms with Crippen LogP contribution in [-0.4, -0.2) is 51.8 Å².